The summed E-state index contributed by atoms with van der Waals surface area (Å²) in [5.41, 5.74) is 3.81. The first-order chi connectivity index (χ1) is 22.7. The molecule has 2 atom stereocenters. The van der Waals surface area contributed by atoms with Crippen LogP contribution in [0.5, 0.6) is 17.2 Å². The van der Waals surface area contributed by atoms with Crippen molar-refractivity contribution in [2.75, 3.05) is 33.4 Å². The first kappa shape index (κ1) is 33.8. The van der Waals surface area contributed by atoms with E-state index in [2.05, 4.69) is 41.7 Å². The van der Waals surface area contributed by atoms with Crippen molar-refractivity contribution < 1.29 is 28.5 Å². The molecule has 0 spiro atoms. The van der Waals surface area contributed by atoms with Gasteiger partial charge in [-0.25, -0.2) is 4.79 Å². The first-order valence-corrected chi connectivity index (χ1v) is 15.7. The average molecular weight is 654 g/mol. The second-order valence-corrected chi connectivity index (χ2v) is 11.3. The molecule has 0 radical (unpaired) electrons. The van der Waals surface area contributed by atoms with Gasteiger partial charge in [-0.1, -0.05) is 72.8 Å². The number of carbonyl (C=O) groups excluding carboxylic acids is 1. The summed E-state index contributed by atoms with van der Waals surface area (Å²) in [6.45, 7) is 3.06. The number of piperidine rings is 1. The summed E-state index contributed by atoms with van der Waals surface area (Å²) in [4.78, 5) is 12.1. The monoisotopic (exact) mass is 653 g/mol. The van der Waals surface area contributed by atoms with Crippen LogP contribution in [0.25, 0.3) is 10.8 Å². The molecule has 2 unspecified atom stereocenters. The van der Waals surface area contributed by atoms with Crippen LogP contribution in [0.3, 0.4) is 0 Å². The molecule has 1 aliphatic rings. The van der Waals surface area contributed by atoms with E-state index in [1.54, 1.807) is 19.2 Å². The van der Waals surface area contributed by atoms with Gasteiger partial charge in [0, 0.05) is 23.4 Å². The third kappa shape index (κ3) is 8.83. The number of esters is 1. The molecule has 5 aromatic carbocycles. The SMILES string of the molecule is COc1ccccc1COc1cc(COC2CNCCC2c2ccc(OCCOC(=O)c3ccccc3)cc2)cc2ccccc12.Cl. The van der Waals surface area contributed by atoms with E-state index in [1.807, 2.05) is 66.7 Å². The molecular weight excluding hydrogens is 614 g/mol. The Morgan fingerprint density at radius 3 is 2.38 bits per heavy atom. The van der Waals surface area contributed by atoms with E-state index >= 15 is 0 Å². The van der Waals surface area contributed by atoms with Crippen LogP contribution in [0.2, 0.25) is 0 Å². The van der Waals surface area contributed by atoms with Gasteiger partial charge in [-0.05, 0) is 71.9 Å². The second-order valence-electron chi connectivity index (χ2n) is 11.3. The molecule has 5 aromatic rings. The van der Waals surface area contributed by atoms with E-state index in [-0.39, 0.29) is 43.6 Å². The average Bonchev–Trinajstić information content (AvgIpc) is 3.12. The Bertz CT molecular complexity index is 1730. The molecule has 0 saturated carbocycles. The lowest BCUT2D eigenvalue weighted by atomic mass is 9.87. The van der Waals surface area contributed by atoms with Gasteiger partial charge in [-0.15, -0.1) is 12.4 Å². The highest BCUT2D eigenvalue weighted by Crippen LogP contribution is 2.32. The van der Waals surface area contributed by atoms with Gasteiger partial charge < -0.3 is 29.0 Å². The number of carbonyl (C=O) groups is 1. The number of fused-ring (bicyclic) bond motifs is 1. The Morgan fingerprint density at radius 1 is 0.787 bits per heavy atom. The molecule has 47 heavy (non-hydrogen) atoms. The molecule has 7 nitrogen and oxygen atoms in total. The lowest BCUT2D eigenvalue weighted by Crippen LogP contribution is -2.40. The number of hydrogen-bond donors (Lipinski definition) is 1. The molecule has 0 aromatic heterocycles. The number of ether oxygens (including phenoxy) is 5. The van der Waals surface area contributed by atoms with Gasteiger partial charge in [0.2, 0.25) is 0 Å². The summed E-state index contributed by atoms with van der Waals surface area (Å²) >= 11 is 0. The fraction of sp³-hybridized carbons (Fsp3) is 0.256. The number of rotatable bonds is 13. The predicted octanol–water partition coefficient (Wildman–Crippen LogP) is 7.75. The minimum Gasteiger partial charge on any atom is -0.496 e. The molecule has 1 saturated heterocycles. The van der Waals surface area contributed by atoms with E-state index in [0.717, 1.165) is 58.7 Å². The minimum atomic E-state index is -0.350. The third-order valence-corrected chi connectivity index (χ3v) is 8.25. The van der Waals surface area contributed by atoms with Gasteiger partial charge in [-0.2, -0.15) is 0 Å². The maximum Gasteiger partial charge on any atom is 0.338 e. The van der Waals surface area contributed by atoms with Crippen molar-refractivity contribution in [3.8, 4) is 17.2 Å². The van der Waals surface area contributed by atoms with E-state index in [4.69, 9.17) is 23.7 Å². The van der Waals surface area contributed by atoms with Crippen molar-refractivity contribution in [3.05, 3.63) is 138 Å². The lowest BCUT2D eigenvalue weighted by molar-refractivity contribution is 0.0106. The first-order valence-electron chi connectivity index (χ1n) is 15.7. The van der Waals surface area contributed by atoms with Crippen LogP contribution in [0.15, 0.2) is 115 Å². The van der Waals surface area contributed by atoms with E-state index in [0.29, 0.717) is 18.8 Å². The normalized spacial score (nSPS) is 15.8. The number of halogens is 1. The zero-order valence-corrected chi connectivity index (χ0v) is 27.2. The van der Waals surface area contributed by atoms with Crippen LogP contribution in [-0.2, 0) is 22.7 Å². The summed E-state index contributed by atoms with van der Waals surface area (Å²) < 4.78 is 29.6. The van der Waals surface area contributed by atoms with E-state index in [9.17, 15) is 4.79 Å². The number of benzene rings is 5. The summed E-state index contributed by atoms with van der Waals surface area (Å²) in [6, 6.07) is 37.6. The number of nitrogens with one attached hydrogen (secondary N) is 1. The maximum atomic E-state index is 12.1. The zero-order chi connectivity index (χ0) is 31.6. The smallest absolute Gasteiger partial charge is 0.338 e. The fourth-order valence-electron chi connectivity index (χ4n) is 5.87. The molecule has 6 rings (SSSR count). The van der Waals surface area contributed by atoms with E-state index < -0.39 is 0 Å². The largest absolute Gasteiger partial charge is 0.496 e. The van der Waals surface area contributed by atoms with Crippen LogP contribution in [-0.4, -0.2) is 45.5 Å². The topological polar surface area (TPSA) is 75.2 Å². The van der Waals surface area contributed by atoms with Crippen molar-refractivity contribution in [1.29, 1.82) is 0 Å². The molecule has 0 bridgehead atoms. The Labute approximate surface area is 282 Å². The Morgan fingerprint density at radius 2 is 1.55 bits per heavy atom. The number of hydrogen-bond acceptors (Lipinski definition) is 7. The maximum absolute atomic E-state index is 12.1. The van der Waals surface area contributed by atoms with Crippen molar-refractivity contribution in [2.24, 2.45) is 0 Å². The van der Waals surface area contributed by atoms with Crippen molar-refractivity contribution >= 4 is 29.1 Å². The Hall–Kier alpha value is -4.56. The van der Waals surface area contributed by atoms with Crippen LogP contribution < -0.4 is 19.5 Å². The quantitative estimate of drug-likeness (QED) is 0.103. The standard InChI is InChI=1S/C39H39NO6.ClH/c1-42-36-14-8-6-12-32(36)27-46-37-24-28(23-31-11-5-7-13-34(31)37)26-45-38-25-40-20-19-35(38)29-15-17-33(18-16-29)43-21-22-44-39(41)30-9-3-2-4-10-30;/h2-18,23-24,35,38,40H,19-22,25-27H2,1H3;1H. The van der Waals surface area contributed by atoms with Gasteiger partial charge in [0.25, 0.3) is 0 Å². The van der Waals surface area contributed by atoms with Crippen molar-refractivity contribution in [1.82, 2.24) is 5.32 Å². The van der Waals surface area contributed by atoms with Gasteiger partial charge >= 0.3 is 5.97 Å². The zero-order valence-electron chi connectivity index (χ0n) is 26.4. The highest BCUT2D eigenvalue weighted by molar-refractivity contribution is 5.89. The van der Waals surface area contributed by atoms with Crippen LogP contribution in [0.4, 0.5) is 0 Å². The van der Waals surface area contributed by atoms with Gasteiger partial charge in [0.05, 0.1) is 25.4 Å². The van der Waals surface area contributed by atoms with Crippen LogP contribution >= 0.6 is 12.4 Å². The highest BCUT2D eigenvalue weighted by atomic mass is 35.5. The minimum absolute atomic E-state index is 0. The Balaban J connectivity index is 0.00000433. The number of para-hydroxylation sites is 1. The van der Waals surface area contributed by atoms with Gasteiger partial charge in [-0.3, -0.25) is 0 Å². The molecule has 1 aliphatic heterocycles. The second kappa shape index (κ2) is 16.8. The molecule has 1 fully saturated rings. The molecule has 244 valence electrons. The molecular formula is C39H40ClNO6. The highest BCUT2D eigenvalue weighted by Gasteiger charge is 2.27. The predicted molar refractivity (Wildman–Crippen MR) is 186 cm³/mol. The van der Waals surface area contributed by atoms with Gasteiger partial charge in [0.15, 0.2) is 0 Å². The molecule has 8 heteroatoms. The molecule has 1 heterocycles. The van der Waals surface area contributed by atoms with Gasteiger partial charge in [0.1, 0.15) is 37.1 Å². The Kier molecular flexibility index (Phi) is 12.1. The summed E-state index contributed by atoms with van der Waals surface area (Å²) in [6.07, 6.45) is 0.994. The van der Waals surface area contributed by atoms with Crippen LogP contribution in [0, 0.1) is 0 Å². The number of methoxy groups -OCH3 is 1. The van der Waals surface area contributed by atoms with Crippen molar-refractivity contribution in [3.63, 3.8) is 0 Å². The molecule has 1 N–H and O–H groups in total. The summed E-state index contributed by atoms with van der Waals surface area (Å²) in [5.74, 6) is 2.28. The summed E-state index contributed by atoms with van der Waals surface area (Å²) in [7, 11) is 1.68. The third-order valence-electron chi connectivity index (χ3n) is 8.25. The molecule has 0 aliphatic carbocycles. The van der Waals surface area contributed by atoms with Crippen LogP contribution in [0.1, 0.15) is 39.4 Å². The van der Waals surface area contributed by atoms with E-state index in [1.165, 1.54) is 5.56 Å². The fourth-order valence-corrected chi connectivity index (χ4v) is 5.87. The van der Waals surface area contributed by atoms with Crippen molar-refractivity contribution in [2.45, 2.75) is 31.7 Å². The molecule has 0 amide bonds. The summed E-state index contributed by atoms with van der Waals surface area (Å²) in [5, 5.41) is 5.68. The lowest BCUT2D eigenvalue weighted by Gasteiger charge is -2.32.